The monoisotopic (exact) mass is 287 g/mol. The summed E-state index contributed by atoms with van der Waals surface area (Å²) in [5.41, 5.74) is 2.47. The van der Waals surface area contributed by atoms with Crippen molar-refractivity contribution in [2.45, 2.75) is 12.8 Å². The Hall–Kier alpha value is -1.51. The van der Waals surface area contributed by atoms with Gasteiger partial charge in [0.2, 0.25) is 0 Å². The summed E-state index contributed by atoms with van der Waals surface area (Å²) >= 11 is 5.93. The fourth-order valence-corrected chi connectivity index (χ4v) is 2.74. The van der Waals surface area contributed by atoms with E-state index in [0.717, 1.165) is 36.7 Å². The number of hydrogen-bond acceptors (Lipinski definition) is 2. The molecule has 104 valence electrons. The molecule has 2 nitrogen and oxygen atoms in total. The standard InChI is InChI=1S/C17H18ClNO/c18-16-6-8-17(9-7-16)19-13-15(10-11-20-19)12-14-4-2-1-3-5-14/h1-9,15H,10-13H2. The Morgan fingerprint density at radius 3 is 2.55 bits per heavy atom. The van der Waals surface area contributed by atoms with Gasteiger partial charge in [-0.3, -0.25) is 9.90 Å². The van der Waals surface area contributed by atoms with Crippen LogP contribution in [0.4, 0.5) is 5.69 Å². The molecule has 0 amide bonds. The van der Waals surface area contributed by atoms with Crippen LogP contribution in [0.3, 0.4) is 0 Å². The molecule has 3 heteroatoms. The highest BCUT2D eigenvalue weighted by Crippen LogP contribution is 2.25. The molecule has 2 aromatic carbocycles. The predicted octanol–water partition coefficient (Wildman–Crippen LogP) is 4.34. The molecule has 0 aromatic heterocycles. The van der Waals surface area contributed by atoms with E-state index in [0.29, 0.717) is 5.92 Å². The second-order valence-corrected chi connectivity index (χ2v) is 5.65. The van der Waals surface area contributed by atoms with Gasteiger partial charge in [0.05, 0.1) is 12.3 Å². The van der Waals surface area contributed by atoms with Crippen LogP contribution in [-0.2, 0) is 11.3 Å². The quantitative estimate of drug-likeness (QED) is 0.832. The van der Waals surface area contributed by atoms with Gasteiger partial charge >= 0.3 is 0 Å². The van der Waals surface area contributed by atoms with Crippen molar-refractivity contribution in [3.63, 3.8) is 0 Å². The molecule has 3 rings (SSSR count). The fourth-order valence-electron chi connectivity index (χ4n) is 2.61. The molecule has 0 radical (unpaired) electrons. The van der Waals surface area contributed by atoms with E-state index in [9.17, 15) is 0 Å². The van der Waals surface area contributed by atoms with Gasteiger partial charge in [-0.25, -0.2) is 0 Å². The molecule has 2 aromatic rings. The van der Waals surface area contributed by atoms with Crippen LogP contribution in [0, 0.1) is 5.92 Å². The summed E-state index contributed by atoms with van der Waals surface area (Å²) in [7, 11) is 0. The molecule has 0 saturated carbocycles. The molecule has 0 N–H and O–H groups in total. The van der Waals surface area contributed by atoms with Crippen molar-refractivity contribution in [2.24, 2.45) is 5.92 Å². The van der Waals surface area contributed by atoms with Gasteiger partial charge in [0, 0.05) is 11.6 Å². The van der Waals surface area contributed by atoms with Gasteiger partial charge in [0.15, 0.2) is 0 Å². The van der Waals surface area contributed by atoms with Crippen LogP contribution in [0.15, 0.2) is 54.6 Å². The fraction of sp³-hybridized carbons (Fsp3) is 0.294. The van der Waals surface area contributed by atoms with Gasteiger partial charge in [-0.05, 0) is 48.6 Å². The number of benzene rings is 2. The van der Waals surface area contributed by atoms with Crippen LogP contribution in [0.2, 0.25) is 5.02 Å². The first-order valence-electron chi connectivity index (χ1n) is 7.01. The molecule has 1 aliphatic rings. The van der Waals surface area contributed by atoms with Crippen molar-refractivity contribution in [3.05, 3.63) is 65.2 Å². The summed E-state index contributed by atoms with van der Waals surface area (Å²) in [6, 6.07) is 18.5. The van der Waals surface area contributed by atoms with Gasteiger partial charge in [0.25, 0.3) is 0 Å². The molecule has 0 aliphatic carbocycles. The molecule has 0 bridgehead atoms. The second kappa shape index (κ2) is 6.29. The van der Waals surface area contributed by atoms with Crippen molar-refractivity contribution in [1.82, 2.24) is 0 Å². The smallest absolute Gasteiger partial charge is 0.0752 e. The van der Waals surface area contributed by atoms with Crippen LogP contribution in [0.1, 0.15) is 12.0 Å². The number of rotatable bonds is 3. The molecule has 1 unspecified atom stereocenters. The Bertz CT molecular complexity index is 541. The van der Waals surface area contributed by atoms with Gasteiger partial charge < -0.3 is 0 Å². The lowest BCUT2D eigenvalue weighted by Crippen LogP contribution is -2.36. The number of halogens is 1. The molecule has 0 spiro atoms. The van der Waals surface area contributed by atoms with E-state index >= 15 is 0 Å². The van der Waals surface area contributed by atoms with Crippen molar-refractivity contribution in [3.8, 4) is 0 Å². The minimum Gasteiger partial charge on any atom is -0.273 e. The highest BCUT2D eigenvalue weighted by molar-refractivity contribution is 6.30. The summed E-state index contributed by atoms with van der Waals surface area (Å²) < 4.78 is 0. The first-order chi connectivity index (χ1) is 9.81. The normalized spacial score (nSPS) is 19.1. The van der Waals surface area contributed by atoms with Crippen molar-refractivity contribution >= 4 is 17.3 Å². The van der Waals surface area contributed by atoms with Crippen molar-refractivity contribution in [2.75, 3.05) is 18.2 Å². The van der Waals surface area contributed by atoms with Crippen LogP contribution < -0.4 is 5.06 Å². The lowest BCUT2D eigenvalue weighted by molar-refractivity contribution is 0.0524. The Labute approximate surface area is 124 Å². The Morgan fingerprint density at radius 1 is 1.05 bits per heavy atom. The lowest BCUT2D eigenvalue weighted by Gasteiger charge is -2.33. The maximum atomic E-state index is 5.93. The van der Waals surface area contributed by atoms with E-state index in [-0.39, 0.29) is 0 Å². The SMILES string of the molecule is Clc1ccc(N2CC(Cc3ccccc3)CCO2)cc1. The third-order valence-corrected chi connectivity index (χ3v) is 3.93. The molecule has 20 heavy (non-hydrogen) atoms. The Balaban J connectivity index is 1.66. The molecular formula is C17H18ClNO. The number of anilines is 1. The van der Waals surface area contributed by atoms with E-state index in [2.05, 4.69) is 30.3 Å². The van der Waals surface area contributed by atoms with Crippen LogP contribution in [-0.4, -0.2) is 13.2 Å². The zero-order chi connectivity index (χ0) is 13.8. The molecule has 1 aliphatic heterocycles. The predicted molar refractivity (Wildman–Crippen MR) is 83.0 cm³/mol. The van der Waals surface area contributed by atoms with Crippen molar-refractivity contribution in [1.29, 1.82) is 0 Å². The van der Waals surface area contributed by atoms with Gasteiger partial charge in [-0.1, -0.05) is 41.9 Å². The topological polar surface area (TPSA) is 12.5 Å². The van der Waals surface area contributed by atoms with Gasteiger partial charge in [0.1, 0.15) is 0 Å². The first kappa shape index (κ1) is 13.5. The summed E-state index contributed by atoms with van der Waals surface area (Å²) in [5, 5.41) is 2.75. The van der Waals surface area contributed by atoms with Crippen molar-refractivity contribution < 1.29 is 4.84 Å². The molecular weight excluding hydrogens is 270 g/mol. The summed E-state index contributed by atoms with van der Waals surface area (Å²) in [6.45, 7) is 1.71. The largest absolute Gasteiger partial charge is 0.273 e. The van der Waals surface area contributed by atoms with Crippen LogP contribution >= 0.6 is 11.6 Å². The molecule has 1 heterocycles. The zero-order valence-corrected chi connectivity index (χ0v) is 12.1. The van der Waals surface area contributed by atoms with E-state index in [1.54, 1.807) is 0 Å². The summed E-state index contributed by atoms with van der Waals surface area (Å²) in [4.78, 5) is 5.76. The van der Waals surface area contributed by atoms with E-state index in [4.69, 9.17) is 16.4 Å². The second-order valence-electron chi connectivity index (χ2n) is 5.22. The van der Waals surface area contributed by atoms with E-state index in [1.807, 2.05) is 29.3 Å². The third kappa shape index (κ3) is 3.33. The zero-order valence-electron chi connectivity index (χ0n) is 11.3. The average molecular weight is 288 g/mol. The highest BCUT2D eigenvalue weighted by Gasteiger charge is 2.21. The van der Waals surface area contributed by atoms with E-state index < -0.39 is 0 Å². The maximum Gasteiger partial charge on any atom is 0.0752 e. The minimum atomic E-state index is 0.627. The number of hydroxylamine groups is 1. The molecule has 1 fully saturated rings. The Morgan fingerprint density at radius 2 is 1.80 bits per heavy atom. The molecule has 1 saturated heterocycles. The van der Waals surface area contributed by atoms with Gasteiger partial charge in [-0.15, -0.1) is 0 Å². The van der Waals surface area contributed by atoms with Crippen LogP contribution in [0.25, 0.3) is 0 Å². The third-order valence-electron chi connectivity index (χ3n) is 3.68. The summed E-state index contributed by atoms with van der Waals surface area (Å²) in [6.07, 6.45) is 2.22. The molecule has 1 atom stereocenters. The average Bonchev–Trinajstić information content (AvgIpc) is 2.49. The number of hydrogen-bond donors (Lipinski definition) is 0. The lowest BCUT2D eigenvalue weighted by atomic mass is 9.95. The first-order valence-corrected chi connectivity index (χ1v) is 7.39. The number of nitrogens with zero attached hydrogens (tertiary/aromatic N) is 1. The van der Waals surface area contributed by atoms with E-state index in [1.165, 1.54) is 5.56 Å². The van der Waals surface area contributed by atoms with Crippen LogP contribution in [0.5, 0.6) is 0 Å². The maximum absolute atomic E-state index is 5.93. The minimum absolute atomic E-state index is 0.627. The highest BCUT2D eigenvalue weighted by atomic mass is 35.5. The summed E-state index contributed by atoms with van der Waals surface area (Å²) in [5.74, 6) is 0.627. The Kier molecular flexibility index (Phi) is 4.24. The van der Waals surface area contributed by atoms with Gasteiger partial charge in [-0.2, -0.15) is 0 Å².